The number of aryl methyl sites for hydroxylation is 1. The number of nitriles is 1. The van der Waals surface area contributed by atoms with Gasteiger partial charge in [-0.1, -0.05) is 12.1 Å². The van der Waals surface area contributed by atoms with Gasteiger partial charge in [-0.25, -0.2) is 0 Å². The Balaban J connectivity index is 1.84. The maximum Gasteiger partial charge on any atom is 0.494 e. The summed E-state index contributed by atoms with van der Waals surface area (Å²) in [5, 5.41) is 25.8. The number of aromatic nitrogens is 4. The number of H-pyrrole nitrogens is 1. The van der Waals surface area contributed by atoms with Gasteiger partial charge in [0.05, 0.1) is 11.2 Å². The number of rotatable bonds is 4. The highest BCUT2D eigenvalue weighted by molar-refractivity contribution is 6.62. The summed E-state index contributed by atoms with van der Waals surface area (Å²) in [4.78, 5) is 0. The third-order valence-electron chi connectivity index (χ3n) is 4.87. The molecule has 134 valence electrons. The predicted octanol–water partition coefficient (Wildman–Crippen LogP) is 1.78. The zero-order valence-corrected chi connectivity index (χ0v) is 15.5. The monoisotopic (exact) mass is 352 g/mol. The van der Waals surface area contributed by atoms with E-state index in [1.165, 1.54) is 0 Å². The predicted molar refractivity (Wildman–Crippen MR) is 98.3 cm³/mol. The lowest BCUT2D eigenvalue weighted by molar-refractivity contribution is 0.00578. The van der Waals surface area contributed by atoms with Crippen LogP contribution < -0.4 is 10.8 Å². The first-order chi connectivity index (χ1) is 12.2. The van der Waals surface area contributed by atoms with Gasteiger partial charge >= 0.3 is 7.12 Å². The number of hydrogen-bond acceptors (Lipinski definition) is 7. The first-order valence-corrected chi connectivity index (χ1v) is 8.30. The van der Waals surface area contributed by atoms with Gasteiger partial charge in [0.2, 0.25) is 5.82 Å². The van der Waals surface area contributed by atoms with E-state index in [1.807, 2.05) is 58.9 Å². The lowest BCUT2D eigenvalue weighted by atomic mass is 9.78. The lowest BCUT2D eigenvalue weighted by Gasteiger charge is -2.32. The number of nitrogens with zero attached hydrogens (tertiary/aromatic N) is 4. The molecule has 0 atom stereocenters. The van der Waals surface area contributed by atoms with Gasteiger partial charge in [-0.15, -0.1) is 10.2 Å². The molecule has 0 spiro atoms. The fourth-order valence-electron chi connectivity index (χ4n) is 2.49. The molecule has 1 fully saturated rings. The van der Waals surface area contributed by atoms with Crippen LogP contribution in [0.15, 0.2) is 24.4 Å². The summed E-state index contributed by atoms with van der Waals surface area (Å²) in [6.45, 7) is 10.1. The van der Waals surface area contributed by atoms with E-state index in [-0.39, 0.29) is 11.4 Å². The molecule has 0 bridgehead atoms. The van der Waals surface area contributed by atoms with Gasteiger partial charge < -0.3 is 14.6 Å². The molecule has 2 N–H and O–H groups in total. The van der Waals surface area contributed by atoms with E-state index in [0.29, 0.717) is 0 Å². The molecule has 1 saturated heterocycles. The molecular weight excluding hydrogens is 331 g/mol. The minimum Gasteiger partial charge on any atom is -0.399 e. The van der Waals surface area contributed by atoms with Crippen LogP contribution in [0.4, 0.5) is 5.69 Å². The normalized spacial score (nSPS) is 18.6. The Morgan fingerprint density at radius 1 is 1.27 bits per heavy atom. The maximum atomic E-state index is 9.27. The van der Waals surface area contributed by atoms with E-state index in [9.17, 15) is 5.26 Å². The average molecular weight is 352 g/mol. The summed E-state index contributed by atoms with van der Waals surface area (Å²) in [6, 6.07) is 7.97. The summed E-state index contributed by atoms with van der Waals surface area (Å²) >= 11 is 0. The minimum absolute atomic E-state index is 0.236. The molecule has 26 heavy (non-hydrogen) atoms. The molecule has 2 aromatic rings. The summed E-state index contributed by atoms with van der Waals surface area (Å²) in [5.74, 6) is 0.236. The van der Waals surface area contributed by atoms with Gasteiger partial charge in [0.1, 0.15) is 11.6 Å². The van der Waals surface area contributed by atoms with E-state index >= 15 is 0 Å². The third-order valence-corrected chi connectivity index (χ3v) is 4.87. The Labute approximate surface area is 152 Å². The van der Waals surface area contributed by atoms with E-state index < -0.39 is 18.3 Å². The zero-order chi connectivity index (χ0) is 18.9. The van der Waals surface area contributed by atoms with E-state index in [4.69, 9.17) is 9.31 Å². The number of hydrogen-bond donors (Lipinski definition) is 2. The molecule has 1 aromatic carbocycles. The first kappa shape index (κ1) is 18.1. The maximum absolute atomic E-state index is 9.27. The Hall–Kier alpha value is -2.70. The number of allylic oxidation sites excluding steroid dienone is 1. The molecule has 9 heteroatoms. The lowest BCUT2D eigenvalue weighted by Crippen LogP contribution is -2.41. The molecule has 1 aromatic heterocycles. The van der Waals surface area contributed by atoms with Gasteiger partial charge in [0.15, 0.2) is 0 Å². The molecule has 8 nitrogen and oxygen atoms in total. The average Bonchev–Trinajstić information content (AvgIpc) is 3.16. The largest absolute Gasteiger partial charge is 0.494 e. The minimum atomic E-state index is -0.447. The van der Waals surface area contributed by atoms with Crippen molar-refractivity contribution in [1.82, 2.24) is 20.6 Å². The van der Waals surface area contributed by atoms with Crippen LogP contribution in [-0.2, 0) is 9.31 Å². The van der Waals surface area contributed by atoms with Crippen LogP contribution >= 0.6 is 0 Å². The second-order valence-corrected chi connectivity index (χ2v) is 7.21. The van der Waals surface area contributed by atoms with Crippen molar-refractivity contribution in [3.05, 3.63) is 35.8 Å². The molecular formula is C17H21BN6O2. The van der Waals surface area contributed by atoms with Gasteiger partial charge in [-0.2, -0.15) is 10.5 Å². The smallest absolute Gasteiger partial charge is 0.399 e. The molecule has 1 aliphatic rings. The number of benzene rings is 1. The van der Waals surface area contributed by atoms with Crippen LogP contribution in [0.3, 0.4) is 0 Å². The number of tetrazole rings is 1. The Morgan fingerprint density at radius 2 is 1.96 bits per heavy atom. The summed E-state index contributed by atoms with van der Waals surface area (Å²) in [7, 11) is -0.447. The quantitative estimate of drug-likeness (QED) is 0.638. The van der Waals surface area contributed by atoms with Crippen molar-refractivity contribution in [2.75, 3.05) is 5.32 Å². The standard InChI is InChI=1S/C17H21BN6O2/c1-11-6-7-13(18-25-16(2,3)17(4,5)26-18)8-14(11)20-10-12(9-19)15-21-23-24-22-15/h6-8,10,20H,1-5H3,(H,21,22,23,24). The first-order valence-electron chi connectivity index (χ1n) is 8.30. The van der Waals surface area contributed by atoms with Crippen LogP contribution in [0.5, 0.6) is 0 Å². The molecule has 2 heterocycles. The fourth-order valence-corrected chi connectivity index (χ4v) is 2.49. The zero-order valence-electron chi connectivity index (χ0n) is 15.5. The number of aromatic amines is 1. The second-order valence-electron chi connectivity index (χ2n) is 7.21. The fraction of sp³-hybridized carbons (Fsp3) is 0.412. The van der Waals surface area contributed by atoms with Crippen molar-refractivity contribution in [2.45, 2.75) is 45.8 Å². The Kier molecular flexibility index (Phi) is 4.56. The molecule has 1 aliphatic heterocycles. The SMILES string of the molecule is Cc1ccc(B2OC(C)(C)C(C)(C)O2)cc1NC=C(C#N)c1nn[nH]n1. The van der Waals surface area contributed by atoms with E-state index in [2.05, 4.69) is 25.9 Å². The topological polar surface area (TPSA) is 109 Å². The molecule has 0 amide bonds. The van der Waals surface area contributed by atoms with Crippen molar-refractivity contribution < 1.29 is 9.31 Å². The number of nitrogens with one attached hydrogen (secondary N) is 2. The van der Waals surface area contributed by atoms with Crippen LogP contribution in [0.25, 0.3) is 5.57 Å². The summed E-state index contributed by atoms with van der Waals surface area (Å²) in [6.07, 6.45) is 1.56. The van der Waals surface area contributed by atoms with Gasteiger partial charge in [0, 0.05) is 11.9 Å². The van der Waals surface area contributed by atoms with Gasteiger partial charge in [0.25, 0.3) is 0 Å². The van der Waals surface area contributed by atoms with Crippen LogP contribution in [0.1, 0.15) is 39.1 Å². The number of anilines is 1. The van der Waals surface area contributed by atoms with Crippen LogP contribution in [-0.4, -0.2) is 38.9 Å². The van der Waals surface area contributed by atoms with Crippen molar-refractivity contribution in [3.8, 4) is 6.07 Å². The van der Waals surface area contributed by atoms with Crippen molar-refractivity contribution in [2.24, 2.45) is 0 Å². The van der Waals surface area contributed by atoms with E-state index in [0.717, 1.165) is 16.7 Å². The second kappa shape index (κ2) is 6.55. The molecule has 3 rings (SSSR count). The highest BCUT2D eigenvalue weighted by Gasteiger charge is 2.51. The molecule has 0 saturated carbocycles. The van der Waals surface area contributed by atoms with Crippen molar-refractivity contribution in [1.29, 1.82) is 5.26 Å². The van der Waals surface area contributed by atoms with Crippen molar-refractivity contribution in [3.63, 3.8) is 0 Å². The van der Waals surface area contributed by atoms with Crippen LogP contribution in [0.2, 0.25) is 0 Å². The van der Waals surface area contributed by atoms with Gasteiger partial charge in [-0.3, -0.25) is 0 Å². The third kappa shape index (κ3) is 3.34. The Bertz CT molecular complexity index is 854. The highest BCUT2D eigenvalue weighted by Crippen LogP contribution is 2.36. The van der Waals surface area contributed by atoms with Crippen molar-refractivity contribution >= 4 is 23.8 Å². The molecule has 0 unspecified atom stereocenters. The molecule has 0 aliphatic carbocycles. The van der Waals surface area contributed by atoms with E-state index in [1.54, 1.807) is 6.20 Å². The summed E-state index contributed by atoms with van der Waals surface area (Å²) < 4.78 is 12.2. The molecule has 0 radical (unpaired) electrons. The van der Waals surface area contributed by atoms with Gasteiger partial charge in [-0.05, 0) is 56.9 Å². The van der Waals surface area contributed by atoms with Crippen LogP contribution in [0, 0.1) is 18.3 Å². The summed E-state index contributed by atoms with van der Waals surface area (Å²) in [5.41, 5.74) is 2.24. The highest BCUT2D eigenvalue weighted by atomic mass is 16.7. The Morgan fingerprint density at radius 3 is 2.54 bits per heavy atom.